The summed E-state index contributed by atoms with van der Waals surface area (Å²) in [5.74, 6) is 0.629. The Morgan fingerprint density at radius 3 is 2.62 bits per heavy atom. The summed E-state index contributed by atoms with van der Waals surface area (Å²) in [5, 5.41) is 15.7. The van der Waals surface area contributed by atoms with E-state index in [4.69, 9.17) is 4.74 Å². The normalized spacial score (nSPS) is 16.1. The minimum atomic E-state index is -0.0875. The van der Waals surface area contributed by atoms with Gasteiger partial charge < -0.3 is 15.4 Å². The van der Waals surface area contributed by atoms with E-state index in [0.717, 1.165) is 29.8 Å². The first kappa shape index (κ1) is 20.3. The molecule has 3 aromatic heterocycles. The van der Waals surface area contributed by atoms with Crippen molar-refractivity contribution in [3.8, 4) is 17.0 Å². The first-order chi connectivity index (χ1) is 15.7. The van der Waals surface area contributed by atoms with Crippen LogP contribution in [-0.2, 0) is 20.5 Å². The Morgan fingerprint density at radius 1 is 1.06 bits per heavy atom. The van der Waals surface area contributed by atoms with E-state index >= 15 is 0 Å². The summed E-state index contributed by atoms with van der Waals surface area (Å²) in [6, 6.07) is 12.5. The van der Waals surface area contributed by atoms with Gasteiger partial charge in [-0.1, -0.05) is 30.3 Å². The van der Waals surface area contributed by atoms with Crippen molar-refractivity contribution < 1.29 is 4.74 Å². The largest absolute Gasteiger partial charge is 0.469 e. The van der Waals surface area contributed by atoms with E-state index < -0.39 is 0 Å². The van der Waals surface area contributed by atoms with Gasteiger partial charge in [0.1, 0.15) is 6.10 Å². The number of nitrogens with one attached hydrogen (secondary N) is 2. The minimum absolute atomic E-state index is 0.0355. The fraction of sp³-hybridized carbons (Fsp3) is 0.292. The molecule has 0 saturated heterocycles. The summed E-state index contributed by atoms with van der Waals surface area (Å²) < 4.78 is 10.00. The topological polar surface area (TPSA) is 81.8 Å². The molecule has 164 valence electrons. The minimum Gasteiger partial charge on any atom is -0.469 e. The summed E-state index contributed by atoms with van der Waals surface area (Å²) in [5.41, 5.74) is 5.36. The number of pyridine rings is 1. The molecule has 4 aromatic rings. The van der Waals surface area contributed by atoms with Crippen LogP contribution in [0.25, 0.3) is 11.1 Å². The van der Waals surface area contributed by atoms with Crippen molar-refractivity contribution in [3.05, 3.63) is 78.5 Å². The van der Waals surface area contributed by atoms with E-state index in [-0.39, 0.29) is 12.1 Å². The van der Waals surface area contributed by atoms with E-state index in [2.05, 4.69) is 62.3 Å². The zero-order chi connectivity index (χ0) is 21.9. The van der Waals surface area contributed by atoms with Crippen molar-refractivity contribution in [1.82, 2.24) is 29.9 Å². The Morgan fingerprint density at radius 2 is 1.88 bits per heavy atom. The fourth-order valence-corrected chi connectivity index (χ4v) is 4.08. The van der Waals surface area contributed by atoms with Crippen LogP contribution in [-0.4, -0.2) is 43.7 Å². The van der Waals surface area contributed by atoms with Crippen molar-refractivity contribution >= 4 is 5.69 Å². The lowest BCUT2D eigenvalue weighted by atomic mass is 9.99. The number of aromatic nitrogens is 5. The molecular weight excluding hydrogens is 402 g/mol. The third kappa shape index (κ3) is 4.36. The summed E-state index contributed by atoms with van der Waals surface area (Å²) >= 11 is 0. The molecule has 1 aromatic carbocycles. The van der Waals surface area contributed by atoms with Crippen LogP contribution in [0.4, 0.5) is 5.69 Å². The monoisotopic (exact) mass is 429 g/mol. The van der Waals surface area contributed by atoms with Gasteiger partial charge in [0, 0.05) is 43.8 Å². The van der Waals surface area contributed by atoms with E-state index in [9.17, 15) is 0 Å². The van der Waals surface area contributed by atoms with E-state index in [1.54, 1.807) is 4.68 Å². The fourth-order valence-electron chi connectivity index (χ4n) is 4.08. The summed E-state index contributed by atoms with van der Waals surface area (Å²) in [6.07, 6.45) is 10.4. The quantitative estimate of drug-likeness (QED) is 0.470. The molecule has 0 aliphatic carbocycles. The standard InChI is InChI=1S/C24H27N7O/c1-30-15-17(11-28-30)8-9-25-23(18-6-4-3-5-7-18)22-14-26-21-10-19(12-27-24(21)32-22)20-13-29-31(2)16-20/h3-7,10-13,15-16,22-23,25-26H,8-9,14H2,1-2H3/t22-,23+/m0/s1. The molecule has 0 bridgehead atoms. The predicted octanol–water partition coefficient (Wildman–Crippen LogP) is 2.96. The second-order valence-corrected chi connectivity index (χ2v) is 8.13. The van der Waals surface area contributed by atoms with Gasteiger partial charge in [0.25, 0.3) is 0 Å². The maximum Gasteiger partial charge on any atom is 0.237 e. The Kier molecular flexibility index (Phi) is 5.60. The van der Waals surface area contributed by atoms with E-state index in [1.807, 2.05) is 49.6 Å². The van der Waals surface area contributed by atoms with Gasteiger partial charge in [-0.15, -0.1) is 0 Å². The molecule has 2 atom stereocenters. The van der Waals surface area contributed by atoms with Gasteiger partial charge in [0.15, 0.2) is 0 Å². The molecule has 0 radical (unpaired) electrons. The van der Waals surface area contributed by atoms with Gasteiger partial charge in [-0.2, -0.15) is 10.2 Å². The molecule has 0 saturated carbocycles. The molecule has 0 fully saturated rings. The van der Waals surface area contributed by atoms with Crippen LogP contribution in [0.2, 0.25) is 0 Å². The van der Waals surface area contributed by atoms with Crippen LogP contribution in [0.1, 0.15) is 17.2 Å². The molecule has 8 nitrogen and oxygen atoms in total. The van der Waals surface area contributed by atoms with Crippen molar-refractivity contribution in [1.29, 1.82) is 0 Å². The molecule has 1 aliphatic rings. The van der Waals surface area contributed by atoms with Crippen LogP contribution >= 0.6 is 0 Å². The average molecular weight is 430 g/mol. The molecule has 8 heteroatoms. The van der Waals surface area contributed by atoms with Gasteiger partial charge in [-0.3, -0.25) is 9.36 Å². The Bertz CT molecular complexity index is 1180. The molecule has 5 rings (SSSR count). The maximum absolute atomic E-state index is 6.38. The van der Waals surface area contributed by atoms with Crippen molar-refractivity contribution in [2.75, 3.05) is 18.4 Å². The highest BCUT2D eigenvalue weighted by molar-refractivity contribution is 5.69. The number of anilines is 1. The third-order valence-electron chi connectivity index (χ3n) is 5.71. The maximum atomic E-state index is 6.38. The molecule has 0 spiro atoms. The number of hydrogen-bond acceptors (Lipinski definition) is 6. The lowest BCUT2D eigenvalue weighted by Gasteiger charge is -2.33. The number of benzene rings is 1. The first-order valence-corrected chi connectivity index (χ1v) is 10.8. The molecule has 1 aliphatic heterocycles. The molecule has 32 heavy (non-hydrogen) atoms. The highest BCUT2D eigenvalue weighted by Gasteiger charge is 2.29. The van der Waals surface area contributed by atoms with Crippen LogP contribution in [0, 0.1) is 0 Å². The number of fused-ring (bicyclic) bond motifs is 1. The molecule has 2 N–H and O–H groups in total. The second kappa shape index (κ2) is 8.84. The second-order valence-electron chi connectivity index (χ2n) is 8.13. The van der Waals surface area contributed by atoms with Crippen LogP contribution < -0.4 is 15.4 Å². The summed E-state index contributed by atoms with van der Waals surface area (Å²) in [6.45, 7) is 1.51. The number of rotatable bonds is 7. The zero-order valence-corrected chi connectivity index (χ0v) is 18.3. The van der Waals surface area contributed by atoms with Crippen LogP contribution in [0.15, 0.2) is 67.4 Å². The van der Waals surface area contributed by atoms with Crippen LogP contribution in [0.5, 0.6) is 5.88 Å². The highest BCUT2D eigenvalue weighted by Crippen LogP contribution is 2.34. The number of ether oxygens (including phenoxy) is 1. The lowest BCUT2D eigenvalue weighted by molar-refractivity contribution is 0.150. The molecular formula is C24H27N7O. The van der Waals surface area contributed by atoms with Crippen molar-refractivity contribution in [3.63, 3.8) is 0 Å². The molecule has 4 heterocycles. The average Bonchev–Trinajstić information content (AvgIpc) is 3.44. The van der Waals surface area contributed by atoms with Gasteiger partial charge in [-0.05, 0) is 30.2 Å². The molecule has 0 unspecified atom stereocenters. The smallest absolute Gasteiger partial charge is 0.237 e. The van der Waals surface area contributed by atoms with Crippen molar-refractivity contribution in [2.24, 2.45) is 14.1 Å². The predicted molar refractivity (Wildman–Crippen MR) is 123 cm³/mol. The van der Waals surface area contributed by atoms with Gasteiger partial charge in [-0.25, -0.2) is 4.98 Å². The Hall–Kier alpha value is -3.65. The van der Waals surface area contributed by atoms with Crippen molar-refractivity contribution in [2.45, 2.75) is 18.6 Å². The van der Waals surface area contributed by atoms with Gasteiger partial charge in [0.2, 0.25) is 5.88 Å². The SMILES string of the molecule is Cn1cc(CCN[C@H](c2ccccc2)[C@@H]2CNc3cc(-c4cnn(C)c4)cnc3O2)cn1. The Balaban J connectivity index is 1.32. The summed E-state index contributed by atoms with van der Waals surface area (Å²) in [7, 11) is 3.85. The van der Waals surface area contributed by atoms with E-state index in [1.165, 1.54) is 11.1 Å². The van der Waals surface area contributed by atoms with Gasteiger partial charge in [0.05, 0.1) is 30.7 Å². The van der Waals surface area contributed by atoms with Gasteiger partial charge >= 0.3 is 0 Å². The number of nitrogens with zero attached hydrogens (tertiary/aromatic N) is 5. The zero-order valence-electron chi connectivity index (χ0n) is 18.3. The number of aryl methyl sites for hydroxylation is 2. The first-order valence-electron chi connectivity index (χ1n) is 10.8. The Labute approximate surface area is 187 Å². The third-order valence-corrected chi connectivity index (χ3v) is 5.71. The van der Waals surface area contributed by atoms with E-state index in [0.29, 0.717) is 12.4 Å². The van der Waals surface area contributed by atoms with Crippen LogP contribution in [0.3, 0.4) is 0 Å². The number of hydrogen-bond donors (Lipinski definition) is 2. The summed E-state index contributed by atoms with van der Waals surface area (Å²) in [4.78, 5) is 4.60. The highest BCUT2D eigenvalue weighted by atomic mass is 16.5. The lowest BCUT2D eigenvalue weighted by Crippen LogP contribution is -2.43. The molecule has 0 amide bonds.